The molecule has 24 heavy (non-hydrogen) atoms. The fourth-order valence-corrected chi connectivity index (χ4v) is 3.06. The summed E-state index contributed by atoms with van der Waals surface area (Å²) in [5.74, 6) is 0. The summed E-state index contributed by atoms with van der Waals surface area (Å²) >= 11 is 0. The largest absolute Gasteiger partial charge is 0.443 e. The first-order valence-corrected chi connectivity index (χ1v) is 8.18. The molecule has 0 radical (unpaired) electrons. The first-order valence-electron chi connectivity index (χ1n) is 8.18. The van der Waals surface area contributed by atoms with Gasteiger partial charge < -0.3 is 4.74 Å². The van der Waals surface area contributed by atoms with Gasteiger partial charge in [0.1, 0.15) is 5.60 Å². The number of benzene rings is 2. The van der Waals surface area contributed by atoms with Crippen molar-refractivity contribution in [3.8, 4) is 11.3 Å². The van der Waals surface area contributed by atoms with E-state index in [4.69, 9.17) is 4.74 Å². The molecule has 3 heteroatoms. The Morgan fingerprint density at radius 1 is 0.958 bits per heavy atom. The number of para-hydroxylation sites is 1. The van der Waals surface area contributed by atoms with Gasteiger partial charge in [0.25, 0.3) is 0 Å². The van der Waals surface area contributed by atoms with Gasteiger partial charge in [-0.1, -0.05) is 36.4 Å². The zero-order valence-corrected chi connectivity index (χ0v) is 14.9. The highest BCUT2D eigenvalue weighted by Crippen LogP contribution is 2.33. The number of carbonyl (C=O) groups is 1. The molecule has 0 aliphatic rings. The average molecular weight is 321 g/mol. The van der Waals surface area contributed by atoms with Crippen molar-refractivity contribution < 1.29 is 9.53 Å². The van der Waals surface area contributed by atoms with Crippen LogP contribution in [0.3, 0.4) is 0 Å². The van der Waals surface area contributed by atoms with Crippen LogP contribution in [-0.4, -0.2) is 16.3 Å². The van der Waals surface area contributed by atoms with Gasteiger partial charge in [-0.2, -0.15) is 0 Å². The second-order valence-electron chi connectivity index (χ2n) is 7.17. The molecule has 3 nitrogen and oxygen atoms in total. The van der Waals surface area contributed by atoms with Gasteiger partial charge in [-0.3, -0.25) is 0 Å². The Morgan fingerprint density at radius 2 is 1.58 bits per heavy atom. The van der Waals surface area contributed by atoms with E-state index in [9.17, 15) is 4.79 Å². The number of carbonyl (C=O) groups excluding carboxylic acids is 1. The predicted molar refractivity (Wildman–Crippen MR) is 98.5 cm³/mol. The van der Waals surface area contributed by atoms with Crippen LogP contribution in [0.25, 0.3) is 22.2 Å². The van der Waals surface area contributed by atoms with E-state index in [0.29, 0.717) is 0 Å². The maximum Gasteiger partial charge on any atom is 0.419 e. The first-order chi connectivity index (χ1) is 11.3. The van der Waals surface area contributed by atoms with Crippen LogP contribution in [0, 0.1) is 13.8 Å². The van der Waals surface area contributed by atoms with Crippen LogP contribution in [0.4, 0.5) is 4.79 Å². The molecular formula is C21H23NO2. The second kappa shape index (κ2) is 5.82. The SMILES string of the molecule is Cc1cccc(C)c1-c1cc2ccccc2n1C(=O)OC(C)(C)C. The van der Waals surface area contributed by atoms with E-state index in [0.717, 1.165) is 33.3 Å². The van der Waals surface area contributed by atoms with Crippen molar-refractivity contribution in [1.29, 1.82) is 0 Å². The van der Waals surface area contributed by atoms with Crippen molar-refractivity contribution in [3.63, 3.8) is 0 Å². The quantitative estimate of drug-likeness (QED) is 0.575. The molecule has 1 aromatic heterocycles. The molecular weight excluding hydrogens is 298 g/mol. The third-order valence-corrected chi connectivity index (χ3v) is 4.02. The van der Waals surface area contributed by atoms with E-state index in [1.54, 1.807) is 4.57 Å². The molecule has 2 aromatic carbocycles. The zero-order chi connectivity index (χ0) is 17.5. The van der Waals surface area contributed by atoms with Gasteiger partial charge >= 0.3 is 6.09 Å². The Labute approximate surface area is 142 Å². The van der Waals surface area contributed by atoms with Crippen molar-refractivity contribution in [3.05, 3.63) is 59.7 Å². The fraction of sp³-hybridized carbons (Fsp3) is 0.286. The molecule has 0 aliphatic carbocycles. The number of hydrogen-bond donors (Lipinski definition) is 0. The summed E-state index contributed by atoms with van der Waals surface area (Å²) in [7, 11) is 0. The minimum atomic E-state index is -0.541. The van der Waals surface area contributed by atoms with E-state index in [1.165, 1.54) is 0 Å². The summed E-state index contributed by atoms with van der Waals surface area (Å²) in [4.78, 5) is 12.9. The van der Waals surface area contributed by atoms with Crippen LogP contribution in [0.2, 0.25) is 0 Å². The lowest BCUT2D eigenvalue weighted by atomic mass is 10.00. The van der Waals surface area contributed by atoms with Crippen LogP contribution < -0.4 is 0 Å². The molecule has 0 N–H and O–H groups in total. The Bertz CT molecular complexity index is 893. The zero-order valence-electron chi connectivity index (χ0n) is 14.9. The monoisotopic (exact) mass is 321 g/mol. The molecule has 0 unspecified atom stereocenters. The lowest BCUT2D eigenvalue weighted by molar-refractivity contribution is 0.0547. The number of fused-ring (bicyclic) bond motifs is 1. The highest BCUT2D eigenvalue weighted by atomic mass is 16.6. The number of ether oxygens (including phenoxy) is 1. The van der Waals surface area contributed by atoms with Gasteiger partial charge in [0.2, 0.25) is 0 Å². The van der Waals surface area contributed by atoms with E-state index in [2.05, 4.69) is 32.0 Å². The molecule has 0 saturated heterocycles. The van der Waals surface area contributed by atoms with Gasteiger partial charge in [0.05, 0.1) is 11.2 Å². The maximum absolute atomic E-state index is 12.9. The minimum Gasteiger partial charge on any atom is -0.443 e. The third kappa shape index (κ3) is 2.94. The standard InChI is InChI=1S/C21H23NO2/c1-14-9-8-10-15(2)19(14)18-13-16-11-6-7-12-17(16)22(18)20(23)24-21(3,4)5/h6-13H,1-5H3. The van der Waals surface area contributed by atoms with Gasteiger partial charge in [0, 0.05) is 10.9 Å². The van der Waals surface area contributed by atoms with Crippen molar-refractivity contribution in [1.82, 2.24) is 4.57 Å². The molecule has 124 valence electrons. The normalized spacial score (nSPS) is 11.7. The molecule has 0 bridgehead atoms. The first kappa shape index (κ1) is 16.3. The van der Waals surface area contributed by atoms with E-state index < -0.39 is 5.60 Å². The summed E-state index contributed by atoms with van der Waals surface area (Å²) in [5.41, 5.74) is 4.57. The molecule has 0 amide bonds. The predicted octanol–water partition coefficient (Wildman–Crippen LogP) is 5.71. The molecule has 1 heterocycles. The van der Waals surface area contributed by atoms with Gasteiger partial charge in [-0.05, 0) is 57.9 Å². The summed E-state index contributed by atoms with van der Waals surface area (Å²) in [6.07, 6.45) is -0.346. The van der Waals surface area contributed by atoms with Crippen LogP contribution in [0.15, 0.2) is 48.5 Å². The molecule has 0 saturated carbocycles. The van der Waals surface area contributed by atoms with Crippen molar-refractivity contribution in [2.24, 2.45) is 0 Å². The average Bonchev–Trinajstić information content (AvgIpc) is 2.84. The molecule has 0 atom stereocenters. The Hall–Kier alpha value is -2.55. The highest BCUT2D eigenvalue weighted by molar-refractivity contribution is 5.97. The van der Waals surface area contributed by atoms with Crippen LogP contribution in [-0.2, 0) is 4.74 Å². The highest BCUT2D eigenvalue weighted by Gasteiger charge is 2.23. The van der Waals surface area contributed by atoms with E-state index in [1.807, 2.05) is 51.1 Å². The molecule has 0 fully saturated rings. The Morgan fingerprint density at radius 3 is 2.21 bits per heavy atom. The lowest BCUT2D eigenvalue weighted by Crippen LogP contribution is -2.27. The topological polar surface area (TPSA) is 31.2 Å². The van der Waals surface area contributed by atoms with Crippen LogP contribution in [0.1, 0.15) is 31.9 Å². The number of nitrogens with zero attached hydrogens (tertiary/aromatic N) is 1. The number of rotatable bonds is 1. The fourth-order valence-electron chi connectivity index (χ4n) is 3.06. The maximum atomic E-state index is 12.9. The number of hydrogen-bond acceptors (Lipinski definition) is 2. The van der Waals surface area contributed by atoms with Crippen molar-refractivity contribution >= 4 is 17.0 Å². The van der Waals surface area contributed by atoms with Crippen molar-refractivity contribution in [2.75, 3.05) is 0 Å². The molecule has 0 aliphatic heterocycles. The van der Waals surface area contributed by atoms with Gasteiger partial charge in [-0.25, -0.2) is 9.36 Å². The number of aryl methyl sites for hydroxylation is 2. The summed E-state index contributed by atoms with van der Waals surface area (Å²) in [6, 6.07) is 16.1. The Kier molecular flexibility index (Phi) is 3.96. The van der Waals surface area contributed by atoms with Crippen LogP contribution >= 0.6 is 0 Å². The summed E-state index contributed by atoms with van der Waals surface area (Å²) < 4.78 is 7.35. The summed E-state index contributed by atoms with van der Waals surface area (Å²) in [5, 5.41) is 1.03. The van der Waals surface area contributed by atoms with Crippen LogP contribution in [0.5, 0.6) is 0 Å². The van der Waals surface area contributed by atoms with Gasteiger partial charge in [-0.15, -0.1) is 0 Å². The van der Waals surface area contributed by atoms with Crippen molar-refractivity contribution in [2.45, 2.75) is 40.2 Å². The molecule has 0 spiro atoms. The second-order valence-corrected chi connectivity index (χ2v) is 7.17. The number of aromatic nitrogens is 1. The summed E-state index contributed by atoms with van der Waals surface area (Å²) in [6.45, 7) is 9.79. The third-order valence-electron chi connectivity index (χ3n) is 4.02. The minimum absolute atomic E-state index is 0.346. The Balaban J connectivity index is 2.29. The smallest absolute Gasteiger partial charge is 0.419 e. The molecule has 3 rings (SSSR count). The van der Waals surface area contributed by atoms with E-state index in [-0.39, 0.29) is 6.09 Å². The molecule has 3 aromatic rings. The van der Waals surface area contributed by atoms with Gasteiger partial charge in [0.15, 0.2) is 0 Å². The van der Waals surface area contributed by atoms with E-state index >= 15 is 0 Å². The lowest BCUT2D eigenvalue weighted by Gasteiger charge is -2.21.